The van der Waals surface area contributed by atoms with Crippen LogP contribution in [0.4, 0.5) is 17.1 Å². The van der Waals surface area contributed by atoms with E-state index in [9.17, 15) is 39.6 Å². The predicted octanol–water partition coefficient (Wildman–Crippen LogP) is 2.55. The van der Waals surface area contributed by atoms with Gasteiger partial charge in [0.05, 0.1) is 26.1 Å². The third-order valence-corrected chi connectivity index (χ3v) is 7.48. The summed E-state index contributed by atoms with van der Waals surface area (Å²) < 4.78 is 81.4. The molecule has 0 bridgehead atoms. The lowest BCUT2D eigenvalue weighted by molar-refractivity contribution is -0.134. The van der Waals surface area contributed by atoms with E-state index in [-0.39, 0.29) is 31.7 Å². The third kappa shape index (κ3) is 25.5. The molecule has 0 heterocycles. The smallest absolute Gasteiger partial charge is 0.300 e. The summed E-state index contributed by atoms with van der Waals surface area (Å²) in [5, 5.41) is 7.06. The molecule has 50 heavy (non-hydrogen) atoms. The monoisotopic (exact) mass is 804 g/mol. The molecule has 0 atom stereocenters. The summed E-state index contributed by atoms with van der Waals surface area (Å²) in [6, 6.07) is 16.3. The highest BCUT2D eigenvalue weighted by Crippen LogP contribution is 2.17. The van der Waals surface area contributed by atoms with Gasteiger partial charge in [0.25, 0.3) is 35.3 Å². The molecule has 0 aliphatic rings. The van der Waals surface area contributed by atoms with Gasteiger partial charge in [0, 0.05) is 44.1 Å². The lowest BCUT2D eigenvalue weighted by Crippen LogP contribution is -2.26. The fourth-order valence-electron chi connectivity index (χ4n) is 2.45. The van der Waals surface area contributed by atoms with Crippen molar-refractivity contribution in [3.63, 3.8) is 0 Å². The van der Waals surface area contributed by atoms with Crippen LogP contribution in [0.5, 0.6) is 0 Å². The van der Waals surface area contributed by atoms with E-state index in [1.807, 2.05) is 0 Å². The highest BCUT2D eigenvalue weighted by Gasteiger charge is 2.10. The Morgan fingerprint density at radius 1 is 0.580 bits per heavy atom. The molecule has 0 radical (unpaired) electrons. The minimum absolute atomic E-state index is 0.0116. The highest BCUT2D eigenvalue weighted by molar-refractivity contribution is 8.13. The molecular weight excluding hydrogens is 771 g/mol. The second-order valence-corrected chi connectivity index (χ2v) is 14.6. The van der Waals surface area contributed by atoms with Crippen LogP contribution in [0.1, 0.15) is 27.7 Å². The molecule has 0 saturated heterocycles. The van der Waals surface area contributed by atoms with Gasteiger partial charge in [0.15, 0.2) is 0 Å². The van der Waals surface area contributed by atoms with E-state index in [0.717, 1.165) is 6.92 Å². The topological polar surface area (TPSA) is 318 Å². The van der Waals surface area contributed by atoms with E-state index in [0.29, 0.717) is 17.1 Å². The minimum Gasteiger partial charge on any atom is -0.481 e. The number of rotatable bonds is 8. The van der Waals surface area contributed by atoms with E-state index >= 15 is 0 Å². The molecule has 24 heteroatoms. The van der Waals surface area contributed by atoms with Gasteiger partial charge in [-0.05, 0) is 84.4 Å². The van der Waals surface area contributed by atoms with Gasteiger partial charge in [0.1, 0.15) is 0 Å². The summed E-state index contributed by atoms with van der Waals surface area (Å²) in [4.78, 5) is 39.0. The molecule has 3 aromatic rings. The van der Waals surface area contributed by atoms with Gasteiger partial charge in [-0.3, -0.25) is 55.8 Å². The van der Waals surface area contributed by atoms with Crippen molar-refractivity contribution in [1.82, 2.24) is 10.9 Å². The summed E-state index contributed by atoms with van der Waals surface area (Å²) >= 11 is 4.64. The maximum Gasteiger partial charge on any atom is 0.300 e. The van der Waals surface area contributed by atoms with Crippen molar-refractivity contribution in [2.24, 2.45) is 5.84 Å². The molecule has 0 aliphatic heterocycles. The average molecular weight is 806 g/mol. The van der Waals surface area contributed by atoms with Gasteiger partial charge in [-0.15, -0.1) is 0 Å². The van der Waals surface area contributed by atoms with Crippen LogP contribution in [0, 0.1) is 0 Å². The maximum absolute atomic E-state index is 10.9. The second kappa shape index (κ2) is 23.0. The van der Waals surface area contributed by atoms with Gasteiger partial charge in [0.2, 0.25) is 17.1 Å². The zero-order chi connectivity index (χ0) is 39.3. The number of carbonyl (C=O) groups excluding carboxylic acids is 3. The summed E-state index contributed by atoms with van der Waals surface area (Å²) in [5.74, 6) is 3.70. The molecule has 2 amide bonds. The van der Waals surface area contributed by atoms with E-state index in [4.69, 9.17) is 35.5 Å². The largest absolute Gasteiger partial charge is 0.481 e. The lowest BCUT2D eigenvalue weighted by atomic mass is 10.3. The minimum atomic E-state index is -4.17. The number of hydrazine groups is 3. The first kappa shape index (κ1) is 47.6. The number of nitrogens with one attached hydrogen (secondary N) is 5. The number of carboxylic acid groups (broad SMARTS) is 1. The SMILES string of the molecule is CC(=O)Cl.CC(=O)NNc1ccc(S(=O)(=O)Cl)cc1.CC(=O)NNc1ccc(S(=O)(=O)O)cc1.CC(=O)O.NNc1ccc(S(=O)(=O)O)cc1. The van der Waals surface area contributed by atoms with Gasteiger partial charge >= 0.3 is 0 Å². The number of hydrogen-bond donors (Lipinski definition) is 9. The Bertz CT molecular complexity index is 1770. The average Bonchev–Trinajstić information content (AvgIpc) is 2.98. The Morgan fingerprint density at radius 3 is 1.02 bits per heavy atom. The van der Waals surface area contributed by atoms with Crippen molar-refractivity contribution in [2.75, 3.05) is 16.3 Å². The number of carbonyl (C=O) groups is 4. The first-order chi connectivity index (χ1) is 22.8. The Labute approximate surface area is 297 Å². The Balaban J connectivity index is 0. The van der Waals surface area contributed by atoms with Crippen LogP contribution in [-0.4, -0.2) is 62.5 Å². The number of carboxylic acids is 1. The third-order valence-electron chi connectivity index (χ3n) is 4.37. The molecule has 0 fully saturated rings. The normalized spacial score (nSPS) is 10.2. The zero-order valence-electron chi connectivity index (χ0n) is 26.4. The predicted molar refractivity (Wildman–Crippen MR) is 185 cm³/mol. The quantitative estimate of drug-likeness (QED) is 0.0683. The first-order valence-electron chi connectivity index (χ1n) is 12.9. The number of aliphatic carboxylic acids is 1. The Kier molecular flexibility index (Phi) is 21.8. The highest BCUT2D eigenvalue weighted by atomic mass is 35.7. The van der Waals surface area contributed by atoms with Gasteiger partial charge < -0.3 is 10.5 Å². The van der Waals surface area contributed by atoms with Gasteiger partial charge in [-0.1, -0.05) is 0 Å². The van der Waals surface area contributed by atoms with Crippen LogP contribution in [0.15, 0.2) is 87.5 Å². The lowest BCUT2D eigenvalue weighted by Gasteiger charge is -2.06. The molecule has 278 valence electrons. The fraction of sp³-hybridized carbons (Fsp3) is 0.154. The van der Waals surface area contributed by atoms with E-state index in [1.165, 1.54) is 93.6 Å². The molecule has 10 N–H and O–H groups in total. The van der Waals surface area contributed by atoms with Crippen LogP contribution < -0.4 is 33.0 Å². The zero-order valence-corrected chi connectivity index (χ0v) is 30.4. The Hall–Kier alpha value is -4.55. The standard InChI is InChI=1S/C8H9ClN2O3S.C8H10N2O4S.C6H8N2O3S.C2H3ClO.C2H4O2/c1-6(12)10-11-7-2-4-8(5-3-7)15(9,13)14;1-6(11)9-10-7-2-4-8(5-3-7)15(12,13)14;7-8-5-1-3-6(4-2-5)12(9,10)11;2*1-2(3)4/h2-5,11H,1H3,(H,10,12);2-5,10H,1H3,(H,9,11)(H,12,13,14);1-4,8H,7H2,(H,9,10,11);1H3;1H3,(H,3,4). The number of nitrogens with two attached hydrogens (primary N) is 1. The number of benzene rings is 3. The maximum atomic E-state index is 10.9. The van der Waals surface area contributed by atoms with E-state index in [1.54, 1.807) is 0 Å². The number of anilines is 3. The van der Waals surface area contributed by atoms with Crippen molar-refractivity contribution < 1.29 is 58.6 Å². The van der Waals surface area contributed by atoms with Crippen LogP contribution in [0.3, 0.4) is 0 Å². The summed E-state index contributed by atoms with van der Waals surface area (Å²) in [5.41, 5.74) is 13.8. The Morgan fingerprint density at radius 2 is 0.820 bits per heavy atom. The van der Waals surface area contributed by atoms with Crippen molar-refractivity contribution in [3.8, 4) is 0 Å². The van der Waals surface area contributed by atoms with Gasteiger partial charge in [-0.25, -0.2) is 8.42 Å². The molecule has 19 nitrogen and oxygen atoms in total. The molecule has 0 aliphatic carbocycles. The van der Waals surface area contributed by atoms with Crippen molar-refractivity contribution in [1.29, 1.82) is 0 Å². The van der Waals surface area contributed by atoms with Crippen LogP contribution in [0.2, 0.25) is 0 Å². The number of nitrogen functional groups attached to an aromatic ring is 1. The number of hydrogen-bond acceptors (Lipinski definition) is 14. The van der Waals surface area contributed by atoms with Crippen LogP contribution >= 0.6 is 22.3 Å². The summed E-state index contributed by atoms with van der Waals surface area (Å²) in [6.45, 7) is 5.06. The number of halogens is 2. The van der Waals surface area contributed by atoms with Crippen LogP contribution in [0.25, 0.3) is 0 Å². The molecule has 0 aromatic heterocycles. The number of amides is 2. The van der Waals surface area contributed by atoms with Gasteiger partial charge in [-0.2, -0.15) is 16.8 Å². The van der Waals surface area contributed by atoms with E-state index < -0.39 is 35.3 Å². The molecule has 0 unspecified atom stereocenters. The molecule has 0 spiro atoms. The molecular formula is C26H34Cl2N6O13S3. The van der Waals surface area contributed by atoms with E-state index in [2.05, 4.69) is 38.7 Å². The summed E-state index contributed by atoms with van der Waals surface area (Å²) in [6.07, 6.45) is 0. The molecule has 3 rings (SSSR count). The first-order valence-corrected chi connectivity index (χ1v) is 18.4. The fourth-order valence-corrected chi connectivity index (χ4v) is 4.18. The second-order valence-electron chi connectivity index (χ2n) is 8.71. The summed E-state index contributed by atoms with van der Waals surface area (Å²) in [7, 11) is -6.84. The van der Waals surface area contributed by atoms with Crippen molar-refractivity contribution >= 4 is 91.7 Å². The molecule has 0 saturated carbocycles. The molecule has 3 aromatic carbocycles. The van der Waals surface area contributed by atoms with Crippen molar-refractivity contribution in [3.05, 3.63) is 72.8 Å². The van der Waals surface area contributed by atoms with Crippen LogP contribution in [-0.2, 0) is 48.5 Å². The van der Waals surface area contributed by atoms with Crippen molar-refractivity contribution in [2.45, 2.75) is 42.4 Å².